The first kappa shape index (κ1) is 11.3. The SMILES string of the molecule is CN(CCO)C(=O)c1cc(N)cc(N)c1. The van der Waals surface area contributed by atoms with Crippen LogP contribution in [-0.2, 0) is 0 Å². The van der Waals surface area contributed by atoms with E-state index in [0.717, 1.165) is 0 Å². The molecule has 82 valence electrons. The van der Waals surface area contributed by atoms with E-state index in [1.54, 1.807) is 25.2 Å². The van der Waals surface area contributed by atoms with Gasteiger partial charge in [0.2, 0.25) is 0 Å². The number of amides is 1. The molecule has 1 rings (SSSR count). The van der Waals surface area contributed by atoms with Gasteiger partial charge in [-0.1, -0.05) is 0 Å². The number of aliphatic hydroxyl groups excluding tert-OH is 1. The normalized spacial score (nSPS) is 10.0. The molecule has 0 aliphatic heterocycles. The monoisotopic (exact) mass is 209 g/mol. The molecule has 0 fully saturated rings. The summed E-state index contributed by atoms with van der Waals surface area (Å²) in [7, 11) is 1.61. The molecule has 0 saturated heterocycles. The van der Waals surface area contributed by atoms with Crippen molar-refractivity contribution < 1.29 is 9.90 Å². The predicted molar refractivity (Wildman–Crippen MR) is 59.3 cm³/mol. The van der Waals surface area contributed by atoms with Crippen LogP contribution in [0.25, 0.3) is 0 Å². The maximum absolute atomic E-state index is 11.7. The first-order valence-corrected chi connectivity index (χ1v) is 4.57. The minimum Gasteiger partial charge on any atom is -0.399 e. The van der Waals surface area contributed by atoms with Crippen LogP contribution in [0.4, 0.5) is 11.4 Å². The molecule has 0 bridgehead atoms. The Kier molecular flexibility index (Phi) is 3.51. The van der Waals surface area contributed by atoms with Crippen LogP contribution in [0.3, 0.4) is 0 Å². The summed E-state index contributed by atoms with van der Waals surface area (Å²) in [6.07, 6.45) is 0. The molecular weight excluding hydrogens is 194 g/mol. The second kappa shape index (κ2) is 4.65. The Morgan fingerprint density at radius 2 is 1.87 bits per heavy atom. The van der Waals surface area contributed by atoms with E-state index >= 15 is 0 Å². The lowest BCUT2D eigenvalue weighted by Gasteiger charge is -2.16. The van der Waals surface area contributed by atoms with E-state index < -0.39 is 0 Å². The van der Waals surface area contributed by atoms with Crippen molar-refractivity contribution in [2.75, 3.05) is 31.7 Å². The minimum absolute atomic E-state index is 0.0694. The third-order valence-corrected chi connectivity index (χ3v) is 2.01. The summed E-state index contributed by atoms with van der Waals surface area (Å²) in [5.74, 6) is -0.206. The second-order valence-corrected chi connectivity index (χ2v) is 3.34. The van der Waals surface area contributed by atoms with Crippen LogP contribution >= 0.6 is 0 Å². The molecule has 15 heavy (non-hydrogen) atoms. The summed E-state index contributed by atoms with van der Waals surface area (Å²) in [5.41, 5.74) is 12.5. The number of carbonyl (C=O) groups is 1. The number of rotatable bonds is 3. The average Bonchev–Trinajstić information content (AvgIpc) is 2.15. The highest BCUT2D eigenvalue weighted by molar-refractivity contribution is 5.95. The highest BCUT2D eigenvalue weighted by Gasteiger charge is 2.11. The summed E-state index contributed by atoms with van der Waals surface area (Å²) < 4.78 is 0. The molecule has 1 aromatic rings. The number of anilines is 2. The first-order chi connectivity index (χ1) is 7.04. The second-order valence-electron chi connectivity index (χ2n) is 3.34. The third-order valence-electron chi connectivity index (χ3n) is 2.01. The van der Waals surface area contributed by atoms with Crippen molar-refractivity contribution in [3.8, 4) is 0 Å². The molecule has 0 spiro atoms. The first-order valence-electron chi connectivity index (χ1n) is 4.57. The fourth-order valence-electron chi connectivity index (χ4n) is 1.27. The summed E-state index contributed by atoms with van der Waals surface area (Å²) >= 11 is 0. The van der Waals surface area contributed by atoms with Gasteiger partial charge in [0, 0.05) is 30.5 Å². The van der Waals surface area contributed by atoms with Crippen LogP contribution in [0, 0.1) is 0 Å². The number of carbonyl (C=O) groups excluding carboxylic acids is 1. The minimum atomic E-state index is -0.206. The summed E-state index contributed by atoms with van der Waals surface area (Å²) in [6, 6.07) is 4.71. The topological polar surface area (TPSA) is 92.6 Å². The van der Waals surface area contributed by atoms with Crippen LogP contribution in [0.2, 0.25) is 0 Å². The number of hydrogen-bond acceptors (Lipinski definition) is 4. The standard InChI is InChI=1S/C10H15N3O2/c1-13(2-3-14)10(15)7-4-8(11)6-9(12)5-7/h4-6,14H,2-3,11-12H2,1H3. The Morgan fingerprint density at radius 1 is 1.33 bits per heavy atom. The zero-order chi connectivity index (χ0) is 11.4. The maximum atomic E-state index is 11.7. The van der Waals surface area contributed by atoms with Gasteiger partial charge in [0.15, 0.2) is 0 Å². The number of nitrogens with two attached hydrogens (primary N) is 2. The van der Waals surface area contributed by atoms with Crippen LogP contribution < -0.4 is 11.5 Å². The fraction of sp³-hybridized carbons (Fsp3) is 0.300. The van der Waals surface area contributed by atoms with Crippen molar-refractivity contribution in [3.63, 3.8) is 0 Å². The van der Waals surface area contributed by atoms with E-state index in [9.17, 15) is 4.79 Å². The zero-order valence-electron chi connectivity index (χ0n) is 8.60. The van der Waals surface area contributed by atoms with E-state index in [-0.39, 0.29) is 19.1 Å². The molecule has 0 aliphatic carbocycles. The summed E-state index contributed by atoms with van der Waals surface area (Å²) in [4.78, 5) is 13.2. The van der Waals surface area contributed by atoms with Gasteiger partial charge in [0.25, 0.3) is 5.91 Å². The van der Waals surface area contributed by atoms with E-state index in [4.69, 9.17) is 16.6 Å². The predicted octanol–water partition coefficient (Wildman–Crippen LogP) is -0.0847. The Morgan fingerprint density at radius 3 is 2.33 bits per heavy atom. The number of hydrogen-bond donors (Lipinski definition) is 3. The molecule has 5 nitrogen and oxygen atoms in total. The molecule has 0 aromatic heterocycles. The van der Waals surface area contributed by atoms with Crippen LogP contribution in [0.15, 0.2) is 18.2 Å². The molecule has 1 aromatic carbocycles. The Labute approximate surface area is 88.3 Å². The molecule has 0 aliphatic rings. The molecule has 5 heteroatoms. The van der Waals surface area contributed by atoms with E-state index in [1.807, 2.05) is 0 Å². The molecule has 0 unspecified atom stereocenters. The smallest absolute Gasteiger partial charge is 0.253 e. The van der Waals surface area contributed by atoms with Crippen LogP contribution in [0.1, 0.15) is 10.4 Å². The number of nitrogens with zero attached hydrogens (tertiary/aromatic N) is 1. The number of nitrogen functional groups attached to an aromatic ring is 2. The van der Waals surface area contributed by atoms with Crippen LogP contribution in [0.5, 0.6) is 0 Å². The van der Waals surface area contributed by atoms with Gasteiger partial charge < -0.3 is 21.5 Å². The Hall–Kier alpha value is -1.75. The van der Waals surface area contributed by atoms with Gasteiger partial charge >= 0.3 is 0 Å². The van der Waals surface area contributed by atoms with Crippen molar-refractivity contribution in [2.24, 2.45) is 0 Å². The van der Waals surface area contributed by atoms with Gasteiger partial charge in [0.05, 0.1) is 6.61 Å². The third kappa shape index (κ3) is 2.85. The van der Waals surface area contributed by atoms with Crippen LogP contribution in [-0.4, -0.2) is 36.1 Å². The lowest BCUT2D eigenvalue weighted by molar-refractivity contribution is 0.0767. The molecule has 0 heterocycles. The quantitative estimate of drug-likeness (QED) is 0.607. The van der Waals surface area contributed by atoms with Gasteiger partial charge in [-0.25, -0.2) is 0 Å². The molecule has 0 atom stereocenters. The zero-order valence-corrected chi connectivity index (χ0v) is 8.60. The van der Waals surface area contributed by atoms with Crippen molar-refractivity contribution >= 4 is 17.3 Å². The average molecular weight is 209 g/mol. The lowest BCUT2D eigenvalue weighted by atomic mass is 10.1. The van der Waals surface area contributed by atoms with Gasteiger partial charge in [-0.15, -0.1) is 0 Å². The van der Waals surface area contributed by atoms with Crippen molar-refractivity contribution in [1.29, 1.82) is 0 Å². The number of benzene rings is 1. The molecular formula is C10H15N3O2. The van der Waals surface area contributed by atoms with Gasteiger partial charge in [0.1, 0.15) is 0 Å². The fourth-order valence-corrected chi connectivity index (χ4v) is 1.27. The number of likely N-dealkylation sites (N-methyl/N-ethyl adjacent to an activating group) is 1. The molecule has 0 saturated carbocycles. The van der Waals surface area contributed by atoms with E-state index in [2.05, 4.69) is 0 Å². The van der Waals surface area contributed by atoms with E-state index in [1.165, 1.54) is 4.90 Å². The summed E-state index contributed by atoms with van der Waals surface area (Å²) in [6.45, 7) is 0.216. The number of aliphatic hydroxyl groups is 1. The van der Waals surface area contributed by atoms with Gasteiger partial charge in [-0.05, 0) is 18.2 Å². The Bertz CT molecular complexity index is 345. The highest BCUT2D eigenvalue weighted by atomic mass is 16.3. The summed E-state index contributed by atoms with van der Waals surface area (Å²) in [5, 5.41) is 8.70. The molecule has 5 N–H and O–H groups in total. The molecule has 0 radical (unpaired) electrons. The van der Waals surface area contributed by atoms with Crippen molar-refractivity contribution in [3.05, 3.63) is 23.8 Å². The molecule has 1 amide bonds. The van der Waals surface area contributed by atoms with E-state index in [0.29, 0.717) is 16.9 Å². The highest BCUT2D eigenvalue weighted by Crippen LogP contribution is 2.14. The van der Waals surface area contributed by atoms with Gasteiger partial charge in [-0.2, -0.15) is 0 Å². The lowest BCUT2D eigenvalue weighted by Crippen LogP contribution is -2.29. The maximum Gasteiger partial charge on any atom is 0.253 e. The van der Waals surface area contributed by atoms with Crippen molar-refractivity contribution in [2.45, 2.75) is 0 Å². The Balaban J connectivity index is 2.90. The van der Waals surface area contributed by atoms with Crippen molar-refractivity contribution in [1.82, 2.24) is 4.90 Å². The largest absolute Gasteiger partial charge is 0.399 e. The van der Waals surface area contributed by atoms with Gasteiger partial charge in [-0.3, -0.25) is 4.79 Å².